The van der Waals surface area contributed by atoms with E-state index >= 15 is 0 Å². The van der Waals surface area contributed by atoms with Crippen molar-refractivity contribution in [2.75, 3.05) is 26.4 Å². The van der Waals surface area contributed by atoms with Crippen molar-refractivity contribution in [3.8, 4) is 0 Å². The second-order valence-electron chi connectivity index (χ2n) is 12.9. The molecule has 0 saturated heterocycles. The number of aliphatic hydroxyl groups is 1. The molecule has 0 amide bonds. The maximum atomic E-state index is 12.5. The summed E-state index contributed by atoms with van der Waals surface area (Å²) in [5.74, 6) is -0.751. The van der Waals surface area contributed by atoms with Crippen molar-refractivity contribution < 1.29 is 42.8 Å². The summed E-state index contributed by atoms with van der Waals surface area (Å²) in [6.07, 6.45) is 31.6. The molecular formula is C37H72O9P+. The Morgan fingerprint density at radius 2 is 0.936 bits per heavy atom. The monoisotopic (exact) mass is 691 g/mol. The van der Waals surface area contributed by atoms with E-state index in [-0.39, 0.29) is 38.8 Å². The van der Waals surface area contributed by atoms with E-state index in [0.717, 1.165) is 38.5 Å². The number of unbranched alkanes of at least 4 members (excludes halogenated alkanes) is 24. The predicted octanol–water partition coefficient (Wildman–Crippen LogP) is 11.0. The van der Waals surface area contributed by atoms with Crippen molar-refractivity contribution in [1.29, 1.82) is 0 Å². The van der Waals surface area contributed by atoms with Crippen molar-refractivity contribution in [2.24, 2.45) is 0 Å². The van der Waals surface area contributed by atoms with Gasteiger partial charge in [-0.05, 0) is 12.8 Å². The molecule has 0 aromatic carbocycles. The lowest BCUT2D eigenvalue weighted by Crippen LogP contribution is -2.29. The highest BCUT2D eigenvalue weighted by molar-refractivity contribution is 7.33. The molecule has 0 saturated carbocycles. The summed E-state index contributed by atoms with van der Waals surface area (Å²) < 4.78 is 32.3. The fourth-order valence-corrected chi connectivity index (χ4v) is 5.97. The summed E-state index contributed by atoms with van der Waals surface area (Å²) in [7, 11) is -2.64. The van der Waals surface area contributed by atoms with Gasteiger partial charge >= 0.3 is 20.2 Å². The van der Waals surface area contributed by atoms with Gasteiger partial charge < -0.3 is 14.6 Å². The average molecular weight is 692 g/mol. The molecule has 0 fully saturated rings. The van der Waals surface area contributed by atoms with E-state index < -0.39 is 20.3 Å². The zero-order valence-corrected chi connectivity index (χ0v) is 31.3. The van der Waals surface area contributed by atoms with Crippen LogP contribution in [-0.2, 0) is 37.7 Å². The number of esters is 2. The van der Waals surface area contributed by atoms with Gasteiger partial charge in [0.25, 0.3) is 0 Å². The Kier molecular flexibility index (Phi) is 36.8. The smallest absolute Gasteiger partial charge is 0.462 e. The van der Waals surface area contributed by atoms with E-state index in [2.05, 4.69) is 23.4 Å². The Bertz CT molecular complexity index is 707. The number of aliphatic hydroxyl groups excluding tert-OH is 1. The molecule has 278 valence electrons. The average Bonchev–Trinajstić information content (AvgIpc) is 3.06. The van der Waals surface area contributed by atoms with Crippen LogP contribution < -0.4 is 0 Å². The molecule has 0 spiro atoms. The molecule has 9 nitrogen and oxygen atoms in total. The van der Waals surface area contributed by atoms with Gasteiger partial charge in [0.2, 0.25) is 0 Å². The van der Waals surface area contributed by atoms with Crippen molar-refractivity contribution in [2.45, 2.75) is 200 Å². The van der Waals surface area contributed by atoms with Gasteiger partial charge in [-0.2, -0.15) is 4.89 Å². The van der Waals surface area contributed by atoms with Crippen LogP contribution in [0.1, 0.15) is 194 Å². The highest BCUT2D eigenvalue weighted by Gasteiger charge is 2.27. The second-order valence-corrected chi connectivity index (χ2v) is 13.8. The van der Waals surface area contributed by atoms with Gasteiger partial charge in [0.05, 0.1) is 11.3 Å². The van der Waals surface area contributed by atoms with Crippen LogP contribution in [0.2, 0.25) is 0 Å². The van der Waals surface area contributed by atoms with E-state index in [9.17, 15) is 14.2 Å². The van der Waals surface area contributed by atoms with Crippen molar-refractivity contribution in [3.63, 3.8) is 0 Å². The third kappa shape index (κ3) is 36.0. The first-order valence-electron chi connectivity index (χ1n) is 19.4. The van der Waals surface area contributed by atoms with Crippen molar-refractivity contribution in [1.82, 2.24) is 0 Å². The number of rotatable bonds is 38. The Hall–Kier alpha value is -1.12. The highest BCUT2D eigenvalue weighted by atomic mass is 31.1. The van der Waals surface area contributed by atoms with Crippen LogP contribution in [0.25, 0.3) is 0 Å². The quantitative estimate of drug-likeness (QED) is 0.0222. The van der Waals surface area contributed by atoms with E-state index in [4.69, 9.17) is 19.1 Å². The summed E-state index contributed by atoms with van der Waals surface area (Å²) >= 11 is 0. The summed E-state index contributed by atoms with van der Waals surface area (Å²) in [6, 6.07) is 0. The van der Waals surface area contributed by atoms with Gasteiger partial charge in [0, 0.05) is 17.4 Å². The third-order valence-electron chi connectivity index (χ3n) is 8.35. The van der Waals surface area contributed by atoms with E-state index in [1.807, 2.05) is 0 Å². The maximum Gasteiger partial charge on any atom is 0.728 e. The van der Waals surface area contributed by atoms with Crippen molar-refractivity contribution in [3.05, 3.63) is 0 Å². The zero-order valence-electron chi connectivity index (χ0n) is 30.4. The molecule has 0 heterocycles. The highest BCUT2D eigenvalue weighted by Crippen LogP contribution is 2.24. The lowest BCUT2D eigenvalue weighted by Gasteiger charge is -2.15. The Morgan fingerprint density at radius 3 is 1.34 bits per heavy atom. The van der Waals surface area contributed by atoms with Crippen LogP contribution in [0.4, 0.5) is 0 Å². The van der Waals surface area contributed by atoms with Gasteiger partial charge in [-0.1, -0.05) is 168 Å². The summed E-state index contributed by atoms with van der Waals surface area (Å²) in [6.45, 7) is 3.60. The number of ether oxygens (including phenoxy) is 2. The van der Waals surface area contributed by atoms with Crippen LogP contribution in [-0.4, -0.2) is 49.6 Å². The lowest BCUT2D eigenvalue weighted by atomic mass is 10.0. The molecule has 0 aliphatic carbocycles. The van der Waals surface area contributed by atoms with E-state index in [1.165, 1.54) is 128 Å². The van der Waals surface area contributed by atoms with Crippen LogP contribution >= 0.6 is 8.25 Å². The van der Waals surface area contributed by atoms with Crippen LogP contribution in [0.15, 0.2) is 0 Å². The fraction of sp³-hybridized carbons (Fsp3) is 0.946. The predicted molar refractivity (Wildman–Crippen MR) is 189 cm³/mol. The molecule has 2 unspecified atom stereocenters. The maximum absolute atomic E-state index is 12.5. The van der Waals surface area contributed by atoms with E-state index in [0.29, 0.717) is 6.42 Å². The second kappa shape index (κ2) is 37.7. The number of hydrogen-bond donors (Lipinski definition) is 1. The molecule has 2 atom stereocenters. The minimum atomic E-state index is -2.64. The largest absolute Gasteiger partial charge is 0.728 e. The summed E-state index contributed by atoms with van der Waals surface area (Å²) in [5.41, 5.74) is 0. The number of carbonyl (C=O) groups excluding carboxylic acids is 2. The van der Waals surface area contributed by atoms with Crippen LogP contribution in [0.3, 0.4) is 0 Å². The lowest BCUT2D eigenvalue weighted by molar-refractivity contribution is -0.215. The summed E-state index contributed by atoms with van der Waals surface area (Å²) in [4.78, 5) is 29.4. The Morgan fingerprint density at radius 1 is 0.553 bits per heavy atom. The fourth-order valence-electron chi connectivity index (χ4n) is 5.48. The van der Waals surface area contributed by atoms with Gasteiger partial charge in [0.1, 0.15) is 19.8 Å². The zero-order chi connectivity index (χ0) is 34.5. The molecule has 0 radical (unpaired) electrons. The molecule has 1 N–H and O–H groups in total. The van der Waals surface area contributed by atoms with Gasteiger partial charge in [-0.25, -0.2) is 0 Å². The molecule has 47 heavy (non-hydrogen) atoms. The number of hydrogen-bond acceptors (Lipinski definition) is 9. The Labute approximate surface area is 288 Å². The topological polar surface area (TPSA) is 118 Å². The molecule has 0 rings (SSSR count). The molecule has 0 aromatic rings. The minimum Gasteiger partial charge on any atom is -0.462 e. The molecular weight excluding hydrogens is 619 g/mol. The SMILES string of the molecule is CCCCCCCCCCCCCCCC(=O)OCC(CO[P+](=O)OOCCO)OC(=O)CCCCCCCCCCCCCCC. The first-order valence-corrected chi connectivity index (χ1v) is 20.5. The van der Waals surface area contributed by atoms with Crippen LogP contribution in [0.5, 0.6) is 0 Å². The van der Waals surface area contributed by atoms with E-state index in [1.54, 1.807) is 0 Å². The van der Waals surface area contributed by atoms with Gasteiger partial charge in [-0.3, -0.25) is 9.59 Å². The normalized spacial score (nSPS) is 12.3. The Balaban J connectivity index is 4.12. The first-order chi connectivity index (χ1) is 23.0. The molecule has 0 aromatic heterocycles. The molecule has 10 heteroatoms. The van der Waals surface area contributed by atoms with Crippen LogP contribution in [0, 0.1) is 0 Å². The minimum absolute atomic E-state index is 0.154. The standard InChI is InChI=1S/C37H72O9P/c1-3-5-7-9-11-13-15-17-19-21-23-25-27-29-36(39)42-33-35(34-44-47(41)46-43-32-31-38)45-37(40)30-28-26-24-22-20-18-16-14-12-10-8-6-4-2/h35,38H,3-34H2,1-2H3/q+1. The molecule has 0 bridgehead atoms. The van der Waals surface area contributed by atoms with Crippen molar-refractivity contribution >= 4 is 20.2 Å². The molecule has 0 aliphatic rings. The molecule has 0 aliphatic heterocycles. The third-order valence-corrected chi connectivity index (χ3v) is 8.94. The summed E-state index contributed by atoms with van der Waals surface area (Å²) in [5, 5.41) is 8.74. The first kappa shape index (κ1) is 45.9. The van der Waals surface area contributed by atoms with Gasteiger partial charge in [0.15, 0.2) is 6.10 Å². The number of carbonyl (C=O) groups is 2. The van der Waals surface area contributed by atoms with Gasteiger partial charge in [-0.15, -0.1) is 4.52 Å².